The molecule has 0 N–H and O–H groups in total. The highest BCUT2D eigenvalue weighted by atomic mass is 32.2. The highest BCUT2D eigenvalue weighted by molar-refractivity contribution is 7.99. The summed E-state index contributed by atoms with van der Waals surface area (Å²) in [5.74, 6) is 0.572. The van der Waals surface area contributed by atoms with Gasteiger partial charge in [0.2, 0.25) is 5.91 Å². The van der Waals surface area contributed by atoms with Crippen molar-refractivity contribution in [3.05, 3.63) is 71.8 Å². The highest BCUT2D eigenvalue weighted by Gasteiger charge is 2.27. The summed E-state index contributed by atoms with van der Waals surface area (Å²) in [6.45, 7) is 5.06. The Morgan fingerprint density at radius 1 is 1.10 bits per heavy atom. The number of nitrogens with zero attached hydrogens (tertiary/aromatic N) is 4. The number of pyridine rings is 1. The van der Waals surface area contributed by atoms with Crippen molar-refractivity contribution < 1.29 is 4.79 Å². The molecule has 1 aliphatic heterocycles. The number of hydrogen-bond donors (Lipinski definition) is 0. The van der Waals surface area contributed by atoms with Crippen molar-refractivity contribution in [1.82, 2.24) is 19.4 Å². The van der Waals surface area contributed by atoms with Crippen LogP contribution in [0.1, 0.15) is 48.4 Å². The van der Waals surface area contributed by atoms with Gasteiger partial charge in [-0.2, -0.15) is 0 Å². The van der Waals surface area contributed by atoms with E-state index < -0.39 is 0 Å². The summed E-state index contributed by atoms with van der Waals surface area (Å²) in [7, 11) is 0. The van der Waals surface area contributed by atoms with Crippen molar-refractivity contribution in [2.45, 2.75) is 50.7 Å². The Bertz CT molecular complexity index is 1000. The monoisotopic (exact) mass is 420 g/mol. The molecule has 1 aliphatic rings. The van der Waals surface area contributed by atoms with Crippen LogP contribution < -0.4 is 0 Å². The lowest BCUT2D eigenvalue weighted by atomic mass is 10.0. The van der Waals surface area contributed by atoms with Crippen LogP contribution >= 0.6 is 11.8 Å². The van der Waals surface area contributed by atoms with Crippen molar-refractivity contribution in [3.8, 4) is 5.69 Å². The van der Waals surface area contributed by atoms with Crippen LogP contribution in [0.2, 0.25) is 0 Å². The standard InChI is InChI=1S/C24H28N4OS/c1-18-7-6-9-21(19(18)2)28-16-14-26-24(28)30-17-23(29)27-15-5-3-4-8-22(27)20-10-12-25-13-11-20/h6-7,9-14,16,22H,3-5,8,15,17H2,1-2H3. The first-order valence-corrected chi connectivity index (χ1v) is 11.6. The van der Waals surface area contributed by atoms with Gasteiger partial charge in [-0.1, -0.05) is 36.7 Å². The summed E-state index contributed by atoms with van der Waals surface area (Å²) in [5, 5.41) is 0.854. The predicted octanol–water partition coefficient (Wildman–Crippen LogP) is 5.12. The number of amides is 1. The molecule has 4 rings (SSSR count). The maximum atomic E-state index is 13.3. The number of imidazole rings is 1. The van der Waals surface area contributed by atoms with Crippen LogP contribution in [0.15, 0.2) is 60.3 Å². The van der Waals surface area contributed by atoms with Gasteiger partial charge in [-0.05, 0) is 61.6 Å². The minimum Gasteiger partial charge on any atom is -0.335 e. The Morgan fingerprint density at radius 2 is 1.93 bits per heavy atom. The lowest BCUT2D eigenvalue weighted by Gasteiger charge is -2.30. The molecule has 5 nitrogen and oxygen atoms in total. The van der Waals surface area contributed by atoms with E-state index in [4.69, 9.17) is 0 Å². The molecule has 0 saturated carbocycles. The molecule has 2 aromatic heterocycles. The lowest BCUT2D eigenvalue weighted by Crippen LogP contribution is -2.36. The summed E-state index contributed by atoms with van der Waals surface area (Å²) in [5.41, 5.74) is 4.78. The molecule has 3 heterocycles. The number of carbonyl (C=O) groups excluding carboxylic acids is 1. The summed E-state index contributed by atoms with van der Waals surface area (Å²) >= 11 is 1.52. The zero-order valence-electron chi connectivity index (χ0n) is 17.6. The fourth-order valence-corrected chi connectivity index (χ4v) is 4.98. The van der Waals surface area contributed by atoms with E-state index >= 15 is 0 Å². The molecule has 1 fully saturated rings. The quantitative estimate of drug-likeness (QED) is 0.538. The molecule has 0 radical (unpaired) electrons. The molecule has 156 valence electrons. The molecule has 3 aromatic rings. The van der Waals surface area contributed by atoms with Crippen molar-refractivity contribution in [3.63, 3.8) is 0 Å². The summed E-state index contributed by atoms with van der Waals surface area (Å²) in [6, 6.07) is 10.5. The lowest BCUT2D eigenvalue weighted by molar-refractivity contribution is -0.130. The number of likely N-dealkylation sites (tertiary alicyclic amines) is 1. The maximum Gasteiger partial charge on any atom is 0.233 e. The van der Waals surface area contributed by atoms with E-state index in [9.17, 15) is 4.79 Å². The van der Waals surface area contributed by atoms with E-state index in [1.165, 1.54) is 34.9 Å². The second-order valence-electron chi connectivity index (χ2n) is 7.82. The first kappa shape index (κ1) is 20.7. The smallest absolute Gasteiger partial charge is 0.233 e. The SMILES string of the molecule is Cc1cccc(-n2ccnc2SCC(=O)N2CCCCCC2c2ccncc2)c1C. The van der Waals surface area contributed by atoms with E-state index in [1.54, 1.807) is 6.20 Å². The second kappa shape index (κ2) is 9.47. The number of thioether (sulfide) groups is 1. The summed E-state index contributed by atoms with van der Waals surface area (Å²) < 4.78 is 2.09. The normalized spacial score (nSPS) is 17.0. The molecule has 1 amide bonds. The molecule has 1 saturated heterocycles. The van der Waals surface area contributed by atoms with Crippen molar-refractivity contribution >= 4 is 17.7 Å². The molecular weight excluding hydrogens is 392 g/mol. The van der Waals surface area contributed by atoms with Crippen LogP contribution in [0.25, 0.3) is 5.69 Å². The topological polar surface area (TPSA) is 51.0 Å². The van der Waals surface area contributed by atoms with Gasteiger partial charge >= 0.3 is 0 Å². The van der Waals surface area contributed by atoms with Gasteiger partial charge in [0, 0.05) is 31.3 Å². The van der Waals surface area contributed by atoms with E-state index in [2.05, 4.69) is 51.5 Å². The Labute approximate surface area is 182 Å². The van der Waals surface area contributed by atoms with Gasteiger partial charge in [-0.25, -0.2) is 4.98 Å². The molecule has 0 bridgehead atoms. The summed E-state index contributed by atoms with van der Waals surface area (Å²) in [4.78, 5) is 24.0. The number of benzene rings is 1. The predicted molar refractivity (Wildman–Crippen MR) is 121 cm³/mol. The first-order valence-electron chi connectivity index (χ1n) is 10.6. The Hall–Kier alpha value is -2.60. The third-order valence-electron chi connectivity index (χ3n) is 5.93. The van der Waals surface area contributed by atoms with Crippen LogP contribution in [0.3, 0.4) is 0 Å². The van der Waals surface area contributed by atoms with Crippen LogP contribution in [-0.2, 0) is 4.79 Å². The van der Waals surface area contributed by atoms with Gasteiger partial charge in [0.1, 0.15) is 0 Å². The first-order chi connectivity index (χ1) is 14.6. The third-order valence-corrected chi connectivity index (χ3v) is 6.88. The Balaban J connectivity index is 1.51. The molecule has 0 spiro atoms. The van der Waals surface area contributed by atoms with E-state index in [1.807, 2.05) is 30.7 Å². The van der Waals surface area contributed by atoms with Gasteiger partial charge in [-0.15, -0.1) is 0 Å². The van der Waals surface area contributed by atoms with Crippen LogP contribution in [0.4, 0.5) is 0 Å². The fourth-order valence-electron chi connectivity index (χ4n) is 4.12. The zero-order chi connectivity index (χ0) is 20.9. The average Bonchev–Trinajstić information content (AvgIpc) is 3.09. The molecule has 30 heavy (non-hydrogen) atoms. The largest absolute Gasteiger partial charge is 0.335 e. The maximum absolute atomic E-state index is 13.3. The van der Waals surface area contributed by atoms with E-state index in [-0.39, 0.29) is 11.9 Å². The van der Waals surface area contributed by atoms with Crippen LogP contribution in [-0.4, -0.2) is 37.6 Å². The highest BCUT2D eigenvalue weighted by Crippen LogP contribution is 2.31. The fraction of sp³-hybridized carbons (Fsp3) is 0.375. The second-order valence-corrected chi connectivity index (χ2v) is 8.76. The Morgan fingerprint density at radius 3 is 2.77 bits per heavy atom. The van der Waals surface area contributed by atoms with Gasteiger partial charge < -0.3 is 4.90 Å². The van der Waals surface area contributed by atoms with Crippen molar-refractivity contribution in [2.75, 3.05) is 12.3 Å². The number of aromatic nitrogens is 3. The van der Waals surface area contributed by atoms with Crippen molar-refractivity contribution in [2.24, 2.45) is 0 Å². The third kappa shape index (κ3) is 4.43. The molecule has 1 aromatic carbocycles. The van der Waals surface area contributed by atoms with Gasteiger partial charge in [0.15, 0.2) is 5.16 Å². The number of carbonyl (C=O) groups is 1. The summed E-state index contributed by atoms with van der Waals surface area (Å²) in [6.07, 6.45) is 11.8. The molecular formula is C24H28N4OS. The zero-order valence-corrected chi connectivity index (χ0v) is 18.4. The van der Waals surface area contributed by atoms with Gasteiger partial charge in [0.05, 0.1) is 17.5 Å². The number of rotatable bonds is 5. The molecule has 1 atom stereocenters. The minimum atomic E-state index is 0.141. The van der Waals surface area contributed by atoms with E-state index in [0.717, 1.165) is 36.7 Å². The number of aryl methyl sites for hydroxylation is 1. The number of hydrogen-bond acceptors (Lipinski definition) is 4. The van der Waals surface area contributed by atoms with Crippen LogP contribution in [0, 0.1) is 13.8 Å². The van der Waals surface area contributed by atoms with Crippen molar-refractivity contribution in [1.29, 1.82) is 0 Å². The minimum absolute atomic E-state index is 0.141. The molecule has 6 heteroatoms. The average molecular weight is 421 g/mol. The Kier molecular flexibility index (Phi) is 6.53. The molecule has 1 unspecified atom stereocenters. The molecule has 0 aliphatic carbocycles. The van der Waals surface area contributed by atoms with Gasteiger partial charge in [0.25, 0.3) is 0 Å². The van der Waals surface area contributed by atoms with E-state index in [0.29, 0.717) is 5.75 Å². The van der Waals surface area contributed by atoms with Crippen LogP contribution in [0.5, 0.6) is 0 Å². The van der Waals surface area contributed by atoms with Gasteiger partial charge in [-0.3, -0.25) is 14.3 Å².